The fraction of sp³-hybridized carbons (Fsp3) is 0.280. The van der Waals surface area contributed by atoms with Gasteiger partial charge in [-0.25, -0.2) is 0 Å². The Bertz CT molecular complexity index is 869. The van der Waals surface area contributed by atoms with Crippen LogP contribution < -0.4 is 4.90 Å². The lowest BCUT2D eigenvalue weighted by Crippen LogP contribution is -2.17. The zero-order valence-corrected chi connectivity index (χ0v) is 15.2. The number of hydrogen-bond acceptors (Lipinski definition) is 1. The predicted octanol–water partition coefficient (Wildman–Crippen LogP) is 6.00. The van der Waals surface area contributed by atoms with Crippen LogP contribution in [0.4, 0.5) is 11.4 Å². The number of hydrogen-bond donors (Lipinski definition) is 0. The Hall–Kier alpha value is -2.54. The summed E-state index contributed by atoms with van der Waals surface area (Å²) >= 11 is 0. The van der Waals surface area contributed by atoms with Crippen molar-refractivity contribution in [3.05, 3.63) is 94.5 Å². The lowest BCUT2D eigenvalue weighted by molar-refractivity contribution is 0.910. The largest absolute Gasteiger partial charge is 0.337 e. The molecule has 0 bridgehead atoms. The highest BCUT2D eigenvalue weighted by molar-refractivity contribution is 5.66. The van der Waals surface area contributed by atoms with Crippen molar-refractivity contribution < 1.29 is 0 Å². The summed E-state index contributed by atoms with van der Waals surface area (Å²) in [6.45, 7) is 0.915. The SMILES string of the molecule is c1ccc(CN(c2ccc3c(c2)CCC3)c2ccc3c(c2)CCC3)cc1. The molecule has 0 aliphatic heterocycles. The van der Waals surface area contributed by atoms with Crippen molar-refractivity contribution in [1.29, 1.82) is 0 Å². The van der Waals surface area contributed by atoms with Crippen molar-refractivity contribution >= 4 is 11.4 Å². The molecule has 2 aliphatic rings. The summed E-state index contributed by atoms with van der Waals surface area (Å²) in [7, 11) is 0. The molecule has 0 amide bonds. The van der Waals surface area contributed by atoms with Gasteiger partial charge in [-0.1, -0.05) is 42.5 Å². The van der Waals surface area contributed by atoms with E-state index in [0.29, 0.717) is 0 Å². The van der Waals surface area contributed by atoms with Crippen LogP contribution in [0.25, 0.3) is 0 Å². The molecule has 3 aromatic carbocycles. The third kappa shape index (κ3) is 2.92. The van der Waals surface area contributed by atoms with Gasteiger partial charge in [-0.15, -0.1) is 0 Å². The summed E-state index contributed by atoms with van der Waals surface area (Å²) in [5.41, 5.74) is 10.2. The molecule has 0 saturated carbocycles. The highest BCUT2D eigenvalue weighted by Crippen LogP contribution is 2.34. The second-order valence-electron chi connectivity index (χ2n) is 7.68. The molecular weight excluding hydrogens is 314 g/mol. The van der Waals surface area contributed by atoms with E-state index in [9.17, 15) is 0 Å². The predicted molar refractivity (Wildman–Crippen MR) is 109 cm³/mol. The van der Waals surface area contributed by atoms with E-state index in [4.69, 9.17) is 0 Å². The number of aryl methyl sites for hydroxylation is 4. The van der Waals surface area contributed by atoms with Gasteiger partial charge in [0.25, 0.3) is 0 Å². The van der Waals surface area contributed by atoms with Gasteiger partial charge in [0.15, 0.2) is 0 Å². The molecule has 0 spiro atoms. The quantitative estimate of drug-likeness (QED) is 0.563. The minimum atomic E-state index is 0.915. The molecule has 0 unspecified atom stereocenters. The number of rotatable bonds is 4. The Labute approximate surface area is 156 Å². The van der Waals surface area contributed by atoms with Crippen molar-refractivity contribution in [1.82, 2.24) is 0 Å². The summed E-state index contributed by atoms with van der Waals surface area (Å²) in [6, 6.07) is 25.0. The standard InChI is InChI=1S/C25H25N/c1-2-6-19(7-3-1)18-26(24-14-12-20-8-4-10-22(20)16-24)25-15-13-21-9-5-11-23(21)17-25/h1-3,6-7,12-17H,4-5,8-11,18H2. The van der Waals surface area contributed by atoms with E-state index in [2.05, 4.69) is 71.6 Å². The highest BCUT2D eigenvalue weighted by Gasteiger charge is 2.18. The molecule has 130 valence electrons. The van der Waals surface area contributed by atoms with E-state index in [0.717, 1.165) is 6.54 Å². The summed E-state index contributed by atoms with van der Waals surface area (Å²) in [5, 5.41) is 0. The van der Waals surface area contributed by atoms with Crippen LogP contribution in [0.5, 0.6) is 0 Å². The average molecular weight is 339 g/mol. The molecular formula is C25H25N. The van der Waals surface area contributed by atoms with Crippen LogP contribution in [-0.4, -0.2) is 0 Å². The van der Waals surface area contributed by atoms with Gasteiger partial charge in [0, 0.05) is 17.9 Å². The molecule has 5 rings (SSSR count). The van der Waals surface area contributed by atoms with Crippen molar-refractivity contribution in [2.45, 2.75) is 45.1 Å². The number of anilines is 2. The summed E-state index contributed by atoms with van der Waals surface area (Å²) in [4.78, 5) is 2.49. The zero-order valence-electron chi connectivity index (χ0n) is 15.2. The van der Waals surface area contributed by atoms with E-state index in [-0.39, 0.29) is 0 Å². The van der Waals surface area contributed by atoms with E-state index in [1.165, 1.54) is 55.5 Å². The Morgan fingerprint density at radius 2 is 1.12 bits per heavy atom. The number of benzene rings is 3. The Morgan fingerprint density at radius 3 is 1.69 bits per heavy atom. The first kappa shape index (κ1) is 15.7. The van der Waals surface area contributed by atoms with Crippen LogP contribution >= 0.6 is 0 Å². The van der Waals surface area contributed by atoms with Crippen LogP contribution in [-0.2, 0) is 32.2 Å². The Morgan fingerprint density at radius 1 is 0.577 bits per heavy atom. The Balaban J connectivity index is 1.56. The molecule has 0 atom stereocenters. The normalized spacial score (nSPS) is 14.9. The first-order chi connectivity index (χ1) is 12.9. The molecule has 1 nitrogen and oxygen atoms in total. The fourth-order valence-electron chi connectivity index (χ4n) is 4.55. The topological polar surface area (TPSA) is 3.24 Å². The van der Waals surface area contributed by atoms with Crippen LogP contribution in [0.2, 0.25) is 0 Å². The third-order valence-electron chi connectivity index (χ3n) is 5.97. The second-order valence-corrected chi connectivity index (χ2v) is 7.68. The van der Waals surface area contributed by atoms with Crippen molar-refractivity contribution in [2.75, 3.05) is 4.90 Å². The number of fused-ring (bicyclic) bond motifs is 2. The van der Waals surface area contributed by atoms with E-state index >= 15 is 0 Å². The van der Waals surface area contributed by atoms with Crippen LogP contribution in [0.15, 0.2) is 66.7 Å². The molecule has 0 aromatic heterocycles. The second kappa shape index (κ2) is 6.64. The maximum atomic E-state index is 2.49. The van der Waals surface area contributed by atoms with Crippen LogP contribution in [0.3, 0.4) is 0 Å². The summed E-state index contributed by atoms with van der Waals surface area (Å²) < 4.78 is 0. The molecule has 26 heavy (non-hydrogen) atoms. The van der Waals surface area contributed by atoms with Crippen LogP contribution in [0.1, 0.15) is 40.7 Å². The first-order valence-corrected chi connectivity index (χ1v) is 9.92. The van der Waals surface area contributed by atoms with Gasteiger partial charge in [-0.2, -0.15) is 0 Å². The van der Waals surface area contributed by atoms with Gasteiger partial charge in [-0.3, -0.25) is 0 Å². The maximum absolute atomic E-state index is 2.49. The van der Waals surface area contributed by atoms with Crippen LogP contribution in [0, 0.1) is 0 Å². The van der Waals surface area contributed by atoms with E-state index in [1.54, 1.807) is 22.3 Å². The maximum Gasteiger partial charge on any atom is 0.0481 e. The molecule has 3 aromatic rings. The minimum Gasteiger partial charge on any atom is -0.337 e. The van der Waals surface area contributed by atoms with Crippen molar-refractivity contribution in [3.63, 3.8) is 0 Å². The van der Waals surface area contributed by atoms with Gasteiger partial charge in [0.2, 0.25) is 0 Å². The highest BCUT2D eigenvalue weighted by atomic mass is 15.1. The molecule has 0 fully saturated rings. The fourth-order valence-corrected chi connectivity index (χ4v) is 4.55. The molecule has 0 radical (unpaired) electrons. The molecule has 0 saturated heterocycles. The summed E-state index contributed by atoms with van der Waals surface area (Å²) in [6.07, 6.45) is 7.55. The van der Waals surface area contributed by atoms with Gasteiger partial charge in [0.05, 0.1) is 0 Å². The van der Waals surface area contributed by atoms with Gasteiger partial charge < -0.3 is 4.90 Å². The molecule has 1 heteroatoms. The molecule has 0 N–H and O–H groups in total. The smallest absolute Gasteiger partial charge is 0.0481 e. The van der Waals surface area contributed by atoms with E-state index < -0.39 is 0 Å². The zero-order chi connectivity index (χ0) is 17.3. The monoisotopic (exact) mass is 339 g/mol. The summed E-state index contributed by atoms with van der Waals surface area (Å²) in [5.74, 6) is 0. The average Bonchev–Trinajstić information content (AvgIpc) is 3.34. The van der Waals surface area contributed by atoms with Crippen molar-refractivity contribution in [3.8, 4) is 0 Å². The lowest BCUT2D eigenvalue weighted by Gasteiger charge is -2.26. The van der Waals surface area contributed by atoms with Crippen molar-refractivity contribution in [2.24, 2.45) is 0 Å². The minimum absolute atomic E-state index is 0.915. The Kier molecular flexibility index (Phi) is 4.01. The van der Waals surface area contributed by atoms with Gasteiger partial charge >= 0.3 is 0 Å². The third-order valence-corrected chi connectivity index (χ3v) is 5.97. The first-order valence-electron chi connectivity index (χ1n) is 9.92. The molecule has 0 heterocycles. The molecule has 2 aliphatic carbocycles. The lowest BCUT2D eigenvalue weighted by atomic mass is 10.1. The van der Waals surface area contributed by atoms with E-state index in [1.807, 2.05) is 0 Å². The van der Waals surface area contributed by atoms with Gasteiger partial charge in [0.1, 0.15) is 0 Å². The number of nitrogens with zero attached hydrogens (tertiary/aromatic N) is 1. The van der Waals surface area contributed by atoms with Gasteiger partial charge in [-0.05, 0) is 90.6 Å².